The molecule has 0 amide bonds. The van der Waals surface area contributed by atoms with Crippen molar-refractivity contribution < 1.29 is 9.53 Å². The Morgan fingerprint density at radius 3 is 2.74 bits per heavy atom. The number of hydrogen-bond acceptors (Lipinski definition) is 4. The number of hydrogen-bond donors (Lipinski definition) is 1. The molecule has 19 heavy (non-hydrogen) atoms. The van der Waals surface area contributed by atoms with E-state index in [1.807, 2.05) is 6.92 Å². The number of rotatable bonds is 6. The fourth-order valence-electron chi connectivity index (χ4n) is 2.56. The van der Waals surface area contributed by atoms with Crippen LogP contribution in [-0.4, -0.2) is 18.6 Å². The largest absolute Gasteiger partial charge is 0.465 e. The van der Waals surface area contributed by atoms with Crippen LogP contribution in [0.15, 0.2) is 12.1 Å². The molecule has 3 nitrogen and oxygen atoms in total. The molecule has 1 N–H and O–H groups in total. The van der Waals surface area contributed by atoms with Crippen LogP contribution in [0.1, 0.15) is 55.3 Å². The van der Waals surface area contributed by atoms with Crippen molar-refractivity contribution in [3.63, 3.8) is 0 Å². The van der Waals surface area contributed by atoms with E-state index in [1.54, 1.807) is 11.3 Å². The van der Waals surface area contributed by atoms with E-state index in [-0.39, 0.29) is 12.0 Å². The lowest BCUT2D eigenvalue weighted by molar-refractivity contribution is -0.146. The molecule has 1 aromatic rings. The Hall–Kier alpha value is -0.870. The van der Waals surface area contributed by atoms with Crippen molar-refractivity contribution in [2.24, 2.45) is 0 Å². The molecule has 0 bridgehead atoms. The van der Waals surface area contributed by atoms with Crippen LogP contribution in [0.5, 0.6) is 0 Å². The zero-order valence-electron chi connectivity index (χ0n) is 11.8. The summed E-state index contributed by atoms with van der Waals surface area (Å²) >= 11 is 1.72. The van der Waals surface area contributed by atoms with Gasteiger partial charge in [0, 0.05) is 15.8 Å². The van der Waals surface area contributed by atoms with E-state index < -0.39 is 0 Å². The summed E-state index contributed by atoms with van der Waals surface area (Å²) in [6, 6.07) is 4.35. The van der Waals surface area contributed by atoms with Gasteiger partial charge < -0.3 is 4.74 Å². The second-order valence-electron chi connectivity index (χ2n) is 4.99. The molecule has 1 aromatic heterocycles. The maximum Gasteiger partial charge on any atom is 0.328 e. The van der Waals surface area contributed by atoms with Crippen molar-refractivity contribution in [3.05, 3.63) is 21.9 Å². The van der Waals surface area contributed by atoms with Crippen LogP contribution < -0.4 is 5.32 Å². The molecule has 0 spiro atoms. The normalized spacial score (nSPS) is 17.6. The van der Waals surface area contributed by atoms with Crippen LogP contribution in [0.4, 0.5) is 0 Å². The zero-order valence-corrected chi connectivity index (χ0v) is 12.6. The van der Waals surface area contributed by atoms with Gasteiger partial charge in [-0.15, -0.1) is 11.3 Å². The smallest absolute Gasteiger partial charge is 0.328 e. The van der Waals surface area contributed by atoms with E-state index in [0.29, 0.717) is 12.6 Å². The minimum atomic E-state index is -0.284. The van der Waals surface area contributed by atoms with Crippen molar-refractivity contribution >= 4 is 17.3 Å². The molecular formula is C15H23NO2S. The lowest BCUT2D eigenvalue weighted by Crippen LogP contribution is -2.36. The Morgan fingerprint density at radius 2 is 2.16 bits per heavy atom. The van der Waals surface area contributed by atoms with Gasteiger partial charge in [0.25, 0.3) is 0 Å². The summed E-state index contributed by atoms with van der Waals surface area (Å²) in [5.41, 5.74) is 0. The van der Waals surface area contributed by atoms with Gasteiger partial charge in [-0.2, -0.15) is 0 Å². The van der Waals surface area contributed by atoms with Crippen molar-refractivity contribution in [3.8, 4) is 0 Å². The summed E-state index contributed by atoms with van der Waals surface area (Å²) in [6.45, 7) is 4.43. The summed E-state index contributed by atoms with van der Waals surface area (Å²) in [4.78, 5) is 14.6. The Labute approximate surface area is 119 Å². The van der Waals surface area contributed by atoms with Crippen LogP contribution in [0, 0.1) is 0 Å². The van der Waals surface area contributed by atoms with E-state index in [1.165, 1.54) is 30.6 Å². The molecule has 1 fully saturated rings. The summed E-state index contributed by atoms with van der Waals surface area (Å²) in [5, 5.41) is 3.49. The van der Waals surface area contributed by atoms with Gasteiger partial charge in [-0.25, -0.2) is 4.79 Å². The first-order valence-electron chi connectivity index (χ1n) is 7.25. The molecule has 0 radical (unpaired) electrons. The lowest BCUT2D eigenvalue weighted by atomic mass is 10.1. The minimum Gasteiger partial charge on any atom is -0.465 e. The summed E-state index contributed by atoms with van der Waals surface area (Å²) < 4.78 is 5.22. The van der Waals surface area contributed by atoms with Crippen molar-refractivity contribution in [1.82, 2.24) is 5.32 Å². The third kappa shape index (κ3) is 3.80. The maximum atomic E-state index is 12.2. The number of nitrogens with one attached hydrogen (secondary N) is 1. The monoisotopic (exact) mass is 281 g/mol. The van der Waals surface area contributed by atoms with Gasteiger partial charge in [-0.3, -0.25) is 5.32 Å². The van der Waals surface area contributed by atoms with Gasteiger partial charge in [0.05, 0.1) is 6.61 Å². The Morgan fingerprint density at radius 1 is 1.42 bits per heavy atom. The van der Waals surface area contributed by atoms with Gasteiger partial charge in [0.1, 0.15) is 6.04 Å². The molecule has 0 saturated heterocycles. The van der Waals surface area contributed by atoms with E-state index in [2.05, 4.69) is 24.4 Å². The fraction of sp³-hybridized carbons (Fsp3) is 0.667. The van der Waals surface area contributed by atoms with Gasteiger partial charge in [0.2, 0.25) is 0 Å². The average Bonchev–Trinajstić information content (AvgIpc) is 3.07. The number of esters is 1. The first-order chi connectivity index (χ1) is 9.24. The van der Waals surface area contributed by atoms with E-state index >= 15 is 0 Å². The molecule has 1 unspecified atom stereocenters. The Bertz CT molecular complexity index is 410. The molecule has 1 aliphatic rings. The summed E-state index contributed by atoms with van der Waals surface area (Å²) in [7, 11) is 0. The summed E-state index contributed by atoms with van der Waals surface area (Å²) in [5.74, 6) is -0.140. The average molecular weight is 281 g/mol. The highest BCUT2D eigenvalue weighted by atomic mass is 32.1. The number of carbonyl (C=O) groups is 1. The third-order valence-corrected chi connectivity index (χ3v) is 4.89. The minimum absolute atomic E-state index is 0.140. The van der Waals surface area contributed by atoms with Gasteiger partial charge in [-0.05, 0) is 38.3 Å². The molecule has 106 valence electrons. The second-order valence-corrected chi connectivity index (χ2v) is 6.19. The van der Waals surface area contributed by atoms with Crippen LogP contribution >= 0.6 is 11.3 Å². The number of aryl methyl sites for hydroxylation is 1. The molecule has 1 atom stereocenters. The van der Waals surface area contributed by atoms with Crippen LogP contribution in [0.3, 0.4) is 0 Å². The van der Waals surface area contributed by atoms with Crippen molar-refractivity contribution in [1.29, 1.82) is 0 Å². The first kappa shape index (κ1) is 14.5. The highest BCUT2D eigenvalue weighted by molar-refractivity contribution is 7.12. The standard InChI is InChI=1S/C15H23NO2S/c1-3-12-9-10-13(19-12)14(15(17)18-4-2)16-11-7-5-6-8-11/h9-11,14,16H,3-8H2,1-2H3. The predicted molar refractivity (Wildman–Crippen MR) is 78.5 cm³/mol. The van der Waals surface area contributed by atoms with Gasteiger partial charge in [-0.1, -0.05) is 19.8 Å². The quantitative estimate of drug-likeness (QED) is 0.812. The van der Waals surface area contributed by atoms with E-state index in [4.69, 9.17) is 4.74 Å². The van der Waals surface area contributed by atoms with Crippen LogP contribution in [0.25, 0.3) is 0 Å². The molecule has 1 aliphatic carbocycles. The molecule has 0 aliphatic heterocycles. The second kappa shape index (κ2) is 7.06. The number of ether oxygens (including phenoxy) is 1. The fourth-order valence-corrected chi connectivity index (χ4v) is 3.56. The first-order valence-corrected chi connectivity index (χ1v) is 8.07. The number of carbonyl (C=O) groups excluding carboxylic acids is 1. The van der Waals surface area contributed by atoms with Crippen LogP contribution in [0.2, 0.25) is 0 Å². The van der Waals surface area contributed by atoms with E-state index in [9.17, 15) is 4.79 Å². The van der Waals surface area contributed by atoms with Crippen molar-refractivity contribution in [2.75, 3.05) is 6.61 Å². The zero-order chi connectivity index (χ0) is 13.7. The molecule has 1 saturated carbocycles. The van der Waals surface area contributed by atoms with Crippen molar-refractivity contribution in [2.45, 2.75) is 58.0 Å². The van der Waals surface area contributed by atoms with Gasteiger partial charge >= 0.3 is 5.97 Å². The molecule has 4 heteroatoms. The molecule has 0 aromatic carbocycles. The maximum absolute atomic E-state index is 12.2. The Balaban J connectivity index is 2.10. The molecule has 2 rings (SSSR count). The summed E-state index contributed by atoms with van der Waals surface area (Å²) in [6.07, 6.45) is 5.88. The molecular weight excluding hydrogens is 258 g/mol. The third-order valence-electron chi connectivity index (χ3n) is 3.60. The molecule has 1 heterocycles. The Kier molecular flexibility index (Phi) is 5.40. The van der Waals surface area contributed by atoms with E-state index in [0.717, 1.165) is 11.3 Å². The SMILES string of the molecule is CCOC(=O)C(NC1CCCC1)c1ccc(CC)s1. The highest BCUT2D eigenvalue weighted by Gasteiger charge is 2.27. The predicted octanol–water partition coefficient (Wildman–Crippen LogP) is 3.45. The lowest BCUT2D eigenvalue weighted by Gasteiger charge is -2.20. The highest BCUT2D eigenvalue weighted by Crippen LogP contribution is 2.28. The topological polar surface area (TPSA) is 38.3 Å². The number of thiophene rings is 1. The van der Waals surface area contributed by atoms with Crippen LogP contribution in [-0.2, 0) is 16.0 Å². The van der Waals surface area contributed by atoms with Gasteiger partial charge in [0.15, 0.2) is 0 Å².